The van der Waals surface area contributed by atoms with Gasteiger partial charge in [0.05, 0.1) is 9.50 Å². The minimum absolute atomic E-state index is 0.108. The third-order valence-corrected chi connectivity index (χ3v) is 4.50. The first-order valence-corrected chi connectivity index (χ1v) is 8.16. The number of ether oxygens (including phenoxy) is 1. The summed E-state index contributed by atoms with van der Waals surface area (Å²) in [5, 5.41) is 0.439. The van der Waals surface area contributed by atoms with Gasteiger partial charge in [0, 0.05) is 11.1 Å². The van der Waals surface area contributed by atoms with Crippen molar-refractivity contribution in [1.82, 2.24) is 0 Å². The van der Waals surface area contributed by atoms with E-state index in [9.17, 15) is 8.42 Å². The second kappa shape index (κ2) is 5.91. The van der Waals surface area contributed by atoms with E-state index in [4.69, 9.17) is 32.5 Å². The molecular formula is C12H7BrCl2O4S. The van der Waals surface area contributed by atoms with E-state index in [1.807, 2.05) is 0 Å². The van der Waals surface area contributed by atoms with Crippen LogP contribution in [0.3, 0.4) is 0 Å². The van der Waals surface area contributed by atoms with Crippen molar-refractivity contribution in [3.63, 3.8) is 0 Å². The van der Waals surface area contributed by atoms with Crippen molar-refractivity contribution in [2.45, 2.75) is 4.90 Å². The number of rotatable bonds is 3. The SMILES string of the molecule is O=S(=O)(O)c1cc(Oc2ccc(Cl)cc2)c(Br)cc1Cl. The molecule has 0 aliphatic rings. The summed E-state index contributed by atoms with van der Waals surface area (Å²) in [6, 6.07) is 8.97. The molecule has 0 aliphatic heterocycles. The second-order valence-electron chi connectivity index (χ2n) is 3.74. The molecule has 1 N–H and O–H groups in total. The van der Waals surface area contributed by atoms with Gasteiger partial charge in [0.1, 0.15) is 16.4 Å². The van der Waals surface area contributed by atoms with Crippen molar-refractivity contribution in [3.05, 3.63) is 50.9 Å². The summed E-state index contributed by atoms with van der Waals surface area (Å²) in [5.74, 6) is 0.656. The van der Waals surface area contributed by atoms with E-state index in [-0.39, 0.29) is 10.8 Å². The van der Waals surface area contributed by atoms with Gasteiger partial charge >= 0.3 is 0 Å². The fourth-order valence-electron chi connectivity index (χ4n) is 1.42. The number of benzene rings is 2. The zero-order chi connectivity index (χ0) is 14.9. The van der Waals surface area contributed by atoms with Crippen molar-refractivity contribution in [2.75, 3.05) is 0 Å². The molecule has 2 aromatic rings. The van der Waals surface area contributed by atoms with Crippen LogP contribution in [0.4, 0.5) is 0 Å². The third-order valence-electron chi connectivity index (χ3n) is 2.31. The Morgan fingerprint density at radius 3 is 2.25 bits per heavy atom. The highest BCUT2D eigenvalue weighted by Gasteiger charge is 2.18. The molecule has 0 heterocycles. The normalized spacial score (nSPS) is 11.4. The minimum atomic E-state index is -4.43. The van der Waals surface area contributed by atoms with E-state index >= 15 is 0 Å². The summed E-state index contributed by atoms with van der Waals surface area (Å²) in [6.45, 7) is 0. The first-order chi connectivity index (χ1) is 9.27. The maximum absolute atomic E-state index is 11.2. The van der Waals surface area contributed by atoms with Crippen LogP contribution in [0.1, 0.15) is 0 Å². The molecule has 0 atom stereocenters. The summed E-state index contributed by atoms with van der Waals surface area (Å²) in [7, 11) is -4.43. The summed E-state index contributed by atoms with van der Waals surface area (Å²) < 4.78 is 37.4. The molecule has 0 aromatic heterocycles. The highest BCUT2D eigenvalue weighted by molar-refractivity contribution is 9.10. The van der Waals surface area contributed by atoms with Crippen LogP contribution < -0.4 is 4.74 Å². The molecule has 106 valence electrons. The minimum Gasteiger partial charge on any atom is -0.456 e. The molecule has 2 aromatic carbocycles. The highest BCUT2D eigenvalue weighted by Crippen LogP contribution is 2.36. The first-order valence-electron chi connectivity index (χ1n) is 5.17. The zero-order valence-corrected chi connectivity index (χ0v) is 13.6. The van der Waals surface area contributed by atoms with Crippen LogP contribution in [0.5, 0.6) is 11.5 Å². The Hall–Kier alpha value is -0.790. The number of halogens is 3. The molecular weight excluding hydrogens is 391 g/mol. The molecule has 0 aliphatic carbocycles. The van der Waals surface area contributed by atoms with Gasteiger partial charge in [-0.2, -0.15) is 8.42 Å². The zero-order valence-electron chi connectivity index (χ0n) is 9.68. The topological polar surface area (TPSA) is 63.6 Å². The Morgan fingerprint density at radius 1 is 1.10 bits per heavy atom. The van der Waals surface area contributed by atoms with E-state index in [2.05, 4.69) is 15.9 Å². The van der Waals surface area contributed by atoms with E-state index in [0.717, 1.165) is 6.07 Å². The lowest BCUT2D eigenvalue weighted by Crippen LogP contribution is -2.00. The molecule has 0 saturated heterocycles. The molecule has 0 bridgehead atoms. The largest absolute Gasteiger partial charge is 0.456 e. The molecule has 0 amide bonds. The van der Waals surface area contributed by atoms with Crippen LogP contribution >= 0.6 is 39.1 Å². The van der Waals surface area contributed by atoms with Gasteiger partial charge in [-0.05, 0) is 46.3 Å². The molecule has 0 fully saturated rings. The standard InChI is InChI=1S/C12H7BrCl2O4S/c13-9-5-10(15)12(20(16,17)18)6-11(9)19-8-3-1-7(14)2-4-8/h1-6H,(H,16,17,18). The van der Waals surface area contributed by atoms with Crippen LogP contribution in [0.25, 0.3) is 0 Å². The maximum atomic E-state index is 11.2. The lowest BCUT2D eigenvalue weighted by atomic mass is 10.3. The number of hydrogen-bond acceptors (Lipinski definition) is 3. The predicted molar refractivity (Wildman–Crippen MR) is 80.5 cm³/mol. The Bertz CT molecular complexity index is 745. The van der Waals surface area contributed by atoms with Gasteiger partial charge < -0.3 is 4.74 Å². The van der Waals surface area contributed by atoms with E-state index in [0.29, 0.717) is 15.2 Å². The van der Waals surface area contributed by atoms with Crippen LogP contribution in [-0.2, 0) is 10.1 Å². The highest BCUT2D eigenvalue weighted by atomic mass is 79.9. The molecule has 20 heavy (non-hydrogen) atoms. The number of hydrogen-bond donors (Lipinski definition) is 1. The van der Waals surface area contributed by atoms with Gasteiger partial charge in [0.2, 0.25) is 0 Å². The Balaban J connectivity index is 2.44. The van der Waals surface area contributed by atoms with Crippen LogP contribution in [0.2, 0.25) is 10.0 Å². The molecule has 0 unspecified atom stereocenters. The quantitative estimate of drug-likeness (QED) is 0.756. The van der Waals surface area contributed by atoms with Crippen molar-refractivity contribution in [3.8, 4) is 11.5 Å². The van der Waals surface area contributed by atoms with E-state index in [1.165, 1.54) is 6.07 Å². The maximum Gasteiger partial charge on any atom is 0.296 e. The molecule has 2 rings (SSSR count). The van der Waals surface area contributed by atoms with Crippen LogP contribution in [0, 0.1) is 0 Å². The van der Waals surface area contributed by atoms with Gasteiger partial charge in [-0.15, -0.1) is 0 Å². The summed E-state index contributed by atoms with van der Waals surface area (Å²) in [6.07, 6.45) is 0. The fraction of sp³-hybridized carbons (Fsp3) is 0. The summed E-state index contributed by atoms with van der Waals surface area (Å²) in [5.41, 5.74) is 0. The van der Waals surface area contributed by atoms with E-state index in [1.54, 1.807) is 24.3 Å². The van der Waals surface area contributed by atoms with Crippen molar-refractivity contribution < 1.29 is 17.7 Å². The van der Waals surface area contributed by atoms with Crippen molar-refractivity contribution in [2.24, 2.45) is 0 Å². The third kappa shape index (κ3) is 3.65. The molecule has 4 nitrogen and oxygen atoms in total. The smallest absolute Gasteiger partial charge is 0.296 e. The summed E-state index contributed by atoms with van der Waals surface area (Å²) in [4.78, 5) is -0.425. The predicted octanol–water partition coefficient (Wildman–Crippen LogP) is 4.79. The Morgan fingerprint density at radius 2 is 1.70 bits per heavy atom. The van der Waals surface area contributed by atoms with Gasteiger partial charge in [-0.3, -0.25) is 4.55 Å². The Kier molecular flexibility index (Phi) is 4.61. The molecule has 8 heteroatoms. The van der Waals surface area contributed by atoms with Crippen molar-refractivity contribution >= 4 is 49.2 Å². The summed E-state index contributed by atoms with van der Waals surface area (Å²) >= 11 is 14.7. The average Bonchev–Trinajstić information content (AvgIpc) is 2.33. The van der Waals surface area contributed by atoms with Crippen LogP contribution in [-0.4, -0.2) is 13.0 Å². The van der Waals surface area contributed by atoms with Gasteiger partial charge in [-0.25, -0.2) is 0 Å². The van der Waals surface area contributed by atoms with Gasteiger partial charge in [-0.1, -0.05) is 23.2 Å². The van der Waals surface area contributed by atoms with E-state index < -0.39 is 15.0 Å². The van der Waals surface area contributed by atoms with Crippen LogP contribution in [0.15, 0.2) is 45.8 Å². The monoisotopic (exact) mass is 396 g/mol. The Labute approximate surface area is 134 Å². The van der Waals surface area contributed by atoms with Gasteiger partial charge in [0.15, 0.2) is 0 Å². The molecule has 0 spiro atoms. The first kappa shape index (κ1) is 15.6. The molecule has 0 saturated carbocycles. The molecule has 0 radical (unpaired) electrons. The van der Waals surface area contributed by atoms with Gasteiger partial charge in [0.25, 0.3) is 10.1 Å². The van der Waals surface area contributed by atoms with Crippen molar-refractivity contribution in [1.29, 1.82) is 0 Å². The lowest BCUT2D eigenvalue weighted by molar-refractivity contribution is 0.470. The average molecular weight is 398 g/mol. The lowest BCUT2D eigenvalue weighted by Gasteiger charge is -2.10. The fourth-order valence-corrected chi connectivity index (χ4v) is 3.12. The second-order valence-corrected chi connectivity index (χ2v) is 6.83.